The van der Waals surface area contributed by atoms with Crippen molar-refractivity contribution in [3.63, 3.8) is 0 Å². The number of hydrogen-bond donors (Lipinski definition) is 1. The SMILES string of the molecule is Cc1cc(-n2nc3c(c2N2C=CN(c4ccc5c(cnn5C5CC5)c4F)C2=C=O)[C@H](C)N(C(=O)c2cc4cc([C@H]5CCOC(C)(C)C5)ccc4n2[C@@]2(c4noc(=O)[nH]4)C[C@@H]2COC2CC2)CC3)cc(C)c1F. The van der Waals surface area contributed by atoms with E-state index in [-0.39, 0.29) is 59.4 Å². The van der Waals surface area contributed by atoms with Crippen LogP contribution in [0.2, 0.25) is 0 Å². The third-order valence-electron chi connectivity index (χ3n) is 16.0. The van der Waals surface area contributed by atoms with Gasteiger partial charge < -0.3 is 18.9 Å². The van der Waals surface area contributed by atoms with E-state index >= 15 is 13.6 Å². The van der Waals surface area contributed by atoms with Gasteiger partial charge in [-0.25, -0.2) is 23.1 Å². The molecule has 0 radical (unpaired) electrons. The molecule has 4 atom stereocenters. The minimum absolute atomic E-state index is 0.0291. The predicted octanol–water partition coefficient (Wildman–Crippen LogP) is 8.93. The number of rotatable bonds is 11. The third kappa shape index (κ3) is 7.04. The molecule has 16 nitrogen and oxygen atoms in total. The van der Waals surface area contributed by atoms with Crippen molar-refractivity contribution in [1.82, 2.24) is 39.2 Å². The normalized spacial score (nSPS) is 23.7. The van der Waals surface area contributed by atoms with E-state index in [1.165, 1.54) is 11.1 Å². The van der Waals surface area contributed by atoms with Crippen LogP contribution in [-0.4, -0.2) is 82.5 Å². The molecule has 13 rings (SSSR count). The quantitative estimate of drug-likeness (QED) is 0.123. The first-order valence-electron chi connectivity index (χ1n) is 25.1. The van der Waals surface area contributed by atoms with Gasteiger partial charge in [-0.05, 0) is 145 Å². The second kappa shape index (κ2) is 16.2. The van der Waals surface area contributed by atoms with Gasteiger partial charge in [0.15, 0.2) is 17.6 Å². The number of benzene rings is 3. The lowest BCUT2D eigenvalue weighted by Gasteiger charge is -2.36. The van der Waals surface area contributed by atoms with Gasteiger partial charge in [-0.2, -0.15) is 10.2 Å². The van der Waals surface area contributed by atoms with Crippen molar-refractivity contribution < 1.29 is 32.4 Å². The van der Waals surface area contributed by atoms with Gasteiger partial charge in [0.05, 0.1) is 64.6 Å². The molecular formula is C54H54F2N10O6. The van der Waals surface area contributed by atoms with Crippen LogP contribution in [0.5, 0.6) is 0 Å². The van der Waals surface area contributed by atoms with Gasteiger partial charge in [0.2, 0.25) is 5.82 Å². The van der Waals surface area contributed by atoms with Crippen LogP contribution in [0.3, 0.4) is 0 Å². The summed E-state index contributed by atoms with van der Waals surface area (Å²) < 4.78 is 55.1. The molecule has 18 heteroatoms. The summed E-state index contributed by atoms with van der Waals surface area (Å²) in [5.74, 6) is 1.10. The van der Waals surface area contributed by atoms with Crippen LogP contribution in [-0.2, 0) is 26.2 Å². The van der Waals surface area contributed by atoms with Crippen molar-refractivity contribution in [1.29, 1.82) is 0 Å². The molecule has 0 spiro atoms. The number of nitrogens with zero attached hydrogens (tertiary/aromatic N) is 9. The number of aromatic nitrogens is 7. The summed E-state index contributed by atoms with van der Waals surface area (Å²) in [7, 11) is 0. The number of carbonyl (C=O) groups excluding carboxylic acids is 2. The molecule has 1 amide bonds. The highest BCUT2D eigenvalue weighted by Crippen LogP contribution is 2.57. The lowest BCUT2D eigenvalue weighted by atomic mass is 9.83. The molecule has 0 bridgehead atoms. The van der Waals surface area contributed by atoms with E-state index in [0.29, 0.717) is 82.4 Å². The Labute approximate surface area is 412 Å². The molecule has 72 heavy (non-hydrogen) atoms. The van der Waals surface area contributed by atoms with Gasteiger partial charge in [-0.15, -0.1) is 0 Å². The van der Waals surface area contributed by atoms with Gasteiger partial charge in [0, 0.05) is 54.4 Å². The minimum atomic E-state index is -0.961. The number of nitrogens with one attached hydrogen (secondary N) is 1. The number of aryl methyl sites for hydroxylation is 2. The first kappa shape index (κ1) is 44.8. The summed E-state index contributed by atoms with van der Waals surface area (Å²) in [5.41, 5.74) is 4.61. The number of carbonyl (C=O) groups is 1. The molecule has 7 heterocycles. The fourth-order valence-electron chi connectivity index (χ4n) is 11.9. The molecule has 1 N–H and O–H groups in total. The third-order valence-corrected chi connectivity index (χ3v) is 16.0. The van der Waals surface area contributed by atoms with Crippen molar-refractivity contribution >= 4 is 45.2 Å². The number of amides is 1. The first-order chi connectivity index (χ1) is 34.7. The number of anilines is 2. The van der Waals surface area contributed by atoms with Crippen LogP contribution >= 0.6 is 0 Å². The zero-order valence-corrected chi connectivity index (χ0v) is 40.7. The van der Waals surface area contributed by atoms with Gasteiger partial charge in [0.25, 0.3) is 5.91 Å². The van der Waals surface area contributed by atoms with E-state index in [9.17, 15) is 9.59 Å². The van der Waals surface area contributed by atoms with E-state index in [4.69, 9.17) is 19.1 Å². The highest BCUT2D eigenvalue weighted by molar-refractivity contribution is 6.00. The number of aromatic amines is 1. The summed E-state index contributed by atoms with van der Waals surface area (Å²) in [6.45, 7) is 10.9. The Morgan fingerprint density at radius 3 is 2.46 bits per heavy atom. The van der Waals surface area contributed by atoms with E-state index in [0.717, 1.165) is 55.0 Å². The second-order valence-corrected chi connectivity index (χ2v) is 21.3. The highest BCUT2D eigenvalue weighted by Gasteiger charge is 2.62. The summed E-state index contributed by atoms with van der Waals surface area (Å²) in [6.07, 6.45) is 11.5. The van der Waals surface area contributed by atoms with E-state index in [2.05, 4.69) is 53.2 Å². The average Bonchev–Trinajstić information content (AvgIpc) is 4.29. The van der Waals surface area contributed by atoms with Crippen molar-refractivity contribution in [3.05, 3.63) is 135 Å². The number of ether oxygens (including phenoxy) is 2. The maximum atomic E-state index is 16.6. The maximum absolute atomic E-state index is 16.6. The molecule has 7 aromatic rings. The Kier molecular flexibility index (Phi) is 10.1. The van der Waals surface area contributed by atoms with Gasteiger partial charge in [-0.3, -0.25) is 28.8 Å². The van der Waals surface area contributed by atoms with Crippen molar-refractivity contribution in [3.8, 4) is 5.69 Å². The largest absolute Gasteiger partial charge is 0.438 e. The molecule has 370 valence electrons. The minimum Gasteiger partial charge on any atom is -0.378 e. The van der Waals surface area contributed by atoms with Crippen LogP contribution in [0.15, 0.2) is 82.3 Å². The zero-order valence-electron chi connectivity index (χ0n) is 40.7. The molecule has 1 saturated heterocycles. The smallest absolute Gasteiger partial charge is 0.378 e. The van der Waals surface area contributed by atoms with Crippen LogP contribution in [0.4, 0.5) is 20.3 Å². The number of hydrogen-bond acceptors (Lipinski definition) is 11. The molecular weight excluding hydrogens is 923 g/mol. The number of fused-ring (bicyclic) bond motifs is 3. The topological polar surface area (TPSA) is 162 Å². The van der Waals surface area contributed by atoms with Crippen molar-refractivity contribution in [2.24, 2.45) is 5.92 Å². The van der Waals surface area contributed by atoms with E-state index in [1.54, 1.807) is 54.0 Å². The highest BCUT2D eigenvalue weighted by atomic mass is 19.1. The monoisotopic (exact) mass is 976 g/mol. The summed E-state index contributed by atoms with van der Waals surface area (Å²) in [4.78, 5) is 49.7. The average molecular weight is 977 g/mol. The Bertz CT molecular complexity index is 3530. The van der Waals surface area contributed by atoms with Gasteiger partial charge in [0.1, 0.15) is 22.9 Å². The molecule has 0 unspecified atom stereocenters. The van der Waals surface area contributed by atoms with Gasteiger partial charge >= 0.3 is 5.76 Å². The Morgan fingerprint density at radius 2 is 1.74 bits per heavy atom. The molecule has 6 aliphatic rings. The van der Waals surface area contributed by atoms with Crippen LogP contribution in [0.1, 0.15) is 128 Å². The predicted molar refractivity (Wildman–Crippen MR) is 263 cm³/mol. The maximum Gasteiger partial charge on any atom is 0.438 e. The van der Waals surface area contributed by atoms with Crippen LogP contribution in [0.25, 0.3) is 27.5 Å². The molecule has 3 saturated carbocycles. The summed E-state index contributed by atoms with van der Waals surface area (Å²) >= 11 is 0. The lowest BCUT2D eigenvalue weighted by Crippen LogP contribution is -2.41. The Morgan fingerprint density at radius 1 is 0.958 bits per heavy atom. The molecule has 3 aromatic carbocycles. The van der Waals surface area contributed by atoms with Gasteiger partial charge in [-0.1, -0.05) is 11.2 Å². The standard InChI is InChI=1S/C54H54F2N10O6/c1-29-20-37(21-30(2)47(29)55)66-49(63-18-17-62(45(63)27-67)43-13-12-42-39(48(43)56)26-57-65(42)36-7-8-36)46-31(3)61(16-14-40(46)59-66)50(68)44-23-34-22-32(33-15-19-71-53(4,5)24-33)6-11-41(34)64(44)54(51-58-52(69)72-60-51)25-35(54)28-70-38-9-10-38/h6,11-13,17-18,20-23,26,31,33,35-36,38H,7-10,14-16,19,24-25,28H2,1-5H3,(H,58,60,69)/t31-,33-,35+,54-/m0/s1. The molecule has 4 fully saturated rings. The van der Waals surface area contributed by atoms with Crippen molar-refractivity contribution in [2.75, 3.05) is 29.6 Å². The first-order valence-corrected chi connectivity index (χ1v) is 25.1. The molecule has 3 aliphatic heterocycles. The van der Waals surface area contributed by atoms with Crippen LogP contribution in [0, 0.1) is 31.4 Å². The van der Waals surface area contributed by atoms with Crippen LogP contribution < -0.4 is 15.6 Å². The molecule has 4 aromatic heterocycles. The van der Waals surface area contributed by atoms with Crippen molar-refractivity contribution in [2.45, 2.75) is 121 Å². The number of H-pyrrole nitrogens is 1. The fraction of sp³-hybridized carbons (Fsp3) is 0.426. The van der Waals surface area contributed by atoms with E-state index in [1.807, 2.05) is 33.2 Å². The number of halogens is 2. The molecule has 3 aliphatic carbocycles. The summed E-state index contributed by atoms with van der Waals surface area (Å²) in [5, 5.41) is 15.1. The Hall–Kier alpha value is -7.14. The zero-order chi connectivity index (χ0) is 49.5. The van der Waals surface area contributed by atoms with E-state index < -0.39 is 23.2 Å². The lowest BCUT2D eigenvalue weighted by molar-refractivity contribution is -0.0592. The summed E-state index contributed by atoms with van der Waals surface area (Å²) in [6, 6.07) is 14.8. The second-order valence-electron chi connectivity index (χ2n) is 21.3. The fourth-order valence-corrected chi connectivity index (χ4v) is 11.9. The Balaban J connectivity index is 0.929.